The average Bonchev–Trinajstić information content (AvgIpc) is 3.01. The van der Waals surface area contributed by atoms with Crippen molar-refractivity contribution in [1.29, 1.82) is 0 Å². The van der Waals surface area contributed by atoms with Crippen LogP contribution in [0, 0.1) is 6.92 Å². The lowest BCUT2D eigenvalue weighted by molar-refractivity contribution is 0.165. The van der Waals surface area contributed by atoms with Gasteiger partial charge in [-0.1, -0.05) is 6.92 Å². The highest BCUT2D eigenvalue weighted by molar-refractivity contribution is 5.91. The molecule has 0 saturated heterocycles. The van der Waals surface area contributed by atoms with Crippen LogP contribution < -0.4 is 14.8 Å². The Morgan fingerprint density at radius 2 is 2.00 bits per heavy atom. The molecule has 1 aromatic heterocycles. The van der Waals surface area contributed by atoms with E-state index in [0.29, 0.717) is 23.7 Å². The van der Waals surface area contributed by atoms with Crippen molar-refractivity contribution in [1.82, 2.24) is 9.47 Å². The summed E-state index contributed by atoms with van der Waals surface area (Å²) in [5.74, 6) is 1.28. The Bertz CT molecular complexity index is 769. The molecule has 1 unspecified atom stereocenters. The molecule has 1 aliphatic rings. The second-order valence-corrected chi connectivity index (χ2v) is 6.17. The number of urea groups is 1. The van der Waals surface area contributed by atoms with E-state index in [1.807, 2.05) is 4.90 Å². The lowest BCUT2D eigenvalue weighted by Gasteiger charge is -2.37. The van der Waals surface area contributed by atoms with Crippen LogP contribution in [0.15, 0.2) is 30.3 Å². The van der Waals surface area contributed by atoms with Crippen molar-refractivity contribution in [3.8, 4) is 11.5 Å². The molecule has 0 bridgehead atoms. The van der Waals surface area contributed by atoms with Crippen molar-refractivity contribution in [3.63, 3.8) is 0 Å². The summed E-state index contributed by atoms with van der Waals surface area (Å²) in [5, 5.41) is 2.98. The van der Waals surface area contributed by atoms with Gasteiger partial charge in [-0.05, 0) is 37.6 Å². The van der Waals surface area contributed by atoms with Crippen molar-refractivity contribution >= 4 is 11.7 Å². The first-order valence-electron chi connectivity index (χ1n) is 8.54. The fraction of sp³-hybridized carbons (Fsp3) is 0.421. The molecule has 2 heterocycles. The zero-order chi connectivity index (χ0) is 18.0. The minimum absolute atomic E-state index is 0.0686. The van der Waals surface area contributed by atoms with Crippen LogP contribution in [-0.2, 0) is 6.54 Å². The number of aryl methyl sites for hydroxylation is 1. The van der Waals surface area contributed by atoms with E-state index in [0.717, 1.165) is 13.0 Å². The molecule has 1 aliphatic heterocycles. The highest BCUT2D eigenvalue weighted by Crippen LogP contribution is 2.33. The van der Waals surface area contributed by atoms with E-state index in [9.17, 15) is 4.79 Å². The number of nitrogens with one attached hydrogen (secondary N) is 1. The van der Waals surface area contributed by atoms with Crippen LogP contribution in [0.1, 0.15) is 30.8 Å². The van der Waals surface area contributed by atoms with Crippen LogP contribution in [0.3, 0.4) is 0 Å². The summed E-state index contributed by atoms with van der Waals surface area (Å²) in [5.41, 5.74) is 3.04. The van der Waals surface area contributed by atoms with Gasteiger partial charge in [0, 0.05) is 30.5 Å². The normalized spacial score (nSPS) is 16.3. The Labute approximate surface area is 148 Å². The standard InChI is InChI=1S/C19H25N3O3/c1-5-16-17-8-6-13(2)21(17)10-11-22(16)19(23)20-15-12-14(24-3)7-9-18(15)25-4/h6-9,12,16H,5,10-11H2,1-4H3,(H,20,23). The van der Waals surface area contributed by atoms with Crippen LogP contribution >= 0.6 is 0 Å². The average molecular weight is 343 g/mol. The van der Waals surface area contributed by atoms with Crippen LogP contribution in [0.5, 0.6) is 11.5 Å². The molecule has 1 atom stereocenters. The van der Waals surface area contributed by atoms with Crippen LogP contribution in [0.4, 0.5) is 10.5 Å². The minimum Gasteiger partial charge on any atom is -0.497 e. The van der Waals surface area contributed by atoms with E-state index in [1.165, 1.54) is 11.4 Å². The number of anilines is 1. The predicted molar refractivity (Wildman–Crippen MR) is 97.5 cm³/mol. The highest BCUT2D eigenvalue weighted by Gasteiger charge is 2.30. The number of benzene rings is 1. The van der Waals surface area contributed by atoms with Gasteiger partial charge >= 0.3 is 6.03 Å². The molecular formula is C19H25N3O3. The van der Waals surface area contributed by atoms with Crippen LogP contribution in [0.25, 0.3) is 0 Å². The lowest BCUT2D eigenvalue weighted by Crippen LogP contribution is -2.44. The van der Waals surface area contributed by atoms with E-state index >= 15 is 0 Å². The van der Waals surface area contributed by atoms with Gasteiger partial charge in [0.2, 0.25) is 0 Å². The second kappa shape index (κ2) is 7.09. The summed E-state index contributed by atoms with van der Waals surface area (Å²) in [7, 11) is 3.19. The topological polar surface area (TPSA) is 55.7 Å². The van der Waals surface area contributed by atoms with E-state index < -0.39 is 0 Å². The summed E-state index contributed by atoms with van der Waals surface area (Å²) in [4.78, 5) is 14.8. The zero-order valence-electron chi connectivity index (χ0n) is 15.2. The molecule has 2 aromatic rings. The maximum atomic E-state index is 12.9. The number of carbonyl (C=O) groups is 1. The van der Waals surface area contributed by atoms with Gasteiger partial charge in [-0.3, -0.25) is 0 Å². The van der Waals surface area contributed by atoms with Crippen molar-refractivity contribution in [2.24, 2.45) is 0 Å². The van der Waals surface area contributed by atoms with Crippen molar-refractivity contribution in [2.75, 3.05) is 26.1 Å². The number of hydrogen-bond donors (Lipinski definition) is 1. The molecule has 1 N–H and O–H groups in total. The third-order valence-electron chi connectivity index (χ3n) is 4.81. The van der Waals surface area contributed by atoms with E-state index in [2.05, 4.69) is 35.9 Å². The van der Waals surface area contributed by atoms with E-state index in [4.69, 9.17) is 9.47 Å². The Hall–Kier alpha value is -2.63. The minimum atomic E-state index is -0.122. The summed E-state index contributed by atoms with van der Waals surface area (Å²) >= 11 is 0. The quantitative estimate of drug-likeness (QED) is 0.918. The smallest absolute Gasteiger partial charge is 0.322 e. The fourth-order valence-corrected chi connectivity index (χ4v) is 3.48. The Morgan fingerprint density at radius 1 is 1.20 bits per heavy atom. The number of amides is 2. The van der Waals surface area contributed by atoms with E-state index in [-0.39, 0.29) is 12.1 Å². The van der Waals surface area contributed by atoms with Crippen molar-refractivity contribution in [2.45, 2.75) is 32.9 Å². The fourth-order valence-electron chi connectivity index (χ4n) is 3.48. The summed E-state index contributed by atoms with van der Waals surface area (Å²) in [6, 6.07) is 9.55. The van der Waals surface area contributed by atoms with Gasteiger partial charge in [-0.25, -0.2) is 4.79 Å². The molecular weight excluding hydrogens is 318 g/mol. The molecule has 3 rings (SSSR count). The first kappa shape index (κ1) is 17.2. The number of methoxy groups -OCH3 is 2. The summed E-state index contributed by atoms with van der Waals surface area (Å²) in [6.45, 7) is 5.70. The molecule has 134 valence electrons. The number of nitrogens with zero attached hydrogens (tertiary/aromatic N) is 2. The van der Waals surface area contributed by atoms with Crippen LogP contribution in [0.2, 0.25) is 0 Å². The molecule has 6 nitrogen and oxygen atoms in total. The number of ether oxygens (including phenoxy) is 2. The predicted octanol–water partition coefficient (Wildman–Crippen LogP) is 3.81. The SMILES string of the molecule is CCC1c2ccc(C)n2CCN1C(=O)Nc1cc(OC)ccc1OC. The third kappa shape index (κ3) is 3.16. The third-order valence-corrected chi connectivity index (χ3v) is 4.81. The molecule has 0 spiro atoms. The number of fused-ring (bicyclic) bond motifs is 1. The van der Waals surface area contributed by atoms with Gasteiger partial charge in [0.15, 0.2) is 0 Å². The Balaban J connectivity index is 1.84. The number of hydrogen-bond acceptors (Lipinski definition) is 3. The summed E-state index contributed by atoms with van der Waals surface area (Å²) in [6.07, 6.45) is 0.867. The molecule has 25 heavy (non-hydrogen) atoms. The molecule has 1 aromatic carbocycles. The van der Waals surface area contributed by atoms with Gasteiger partial charge in [-0.15, -0.1) is 0 Å². The first-order chi connectivity index (χ1) is 12.1. The summed E-state index contributed by atoms with van der Waals surface area (Å²) < 4.78 is 12.9. The van der Waals surface area contributed by atoms with Gasteiger partial charge in [0.05, 0.1) is 25.9 Å². The monoisotopic (exact) mass is 343 g/mol. The van der Waals surface area contributed by atoms with Gasteiger partial charge in [0.1, 0.15) is 11.5 Å². The maximum absolute atomic E-state index is 12.9. The first-order valence-corrected chi connectivity index (χ1v) is 8.54. The molecule has 0 radical (unpaired) electrons. The van der Waals surface area contributed by atoms with Gasteiger partial charge < -0.3 is 24.3 Å². The lowest BCUT2D eigenvalue weighted by atomic mass is 10.1. The van der Waals surface area contributed by atoms with Crippen LogP contribution in [-0.4, -0.2) is 36.3 Å². The van der Waals surface area contributed by atoms with Crippen molar-refractivity contribution < 1.29 is 14.3 Å². The second-order valence-electron chi connectivity index (χ2n) is 6.17. The number of rotatable bonds is 4. The Kier molecular flexibility index (Phi) is 4.88. The molecule has 0 fully saturated rings. The molecule has 0 saturated carbocycles. The Morgan fingerprint density at radius 3 is 2.68 bits per heavy atom. The molecule has 0 aliphatic carbocycles. The van der Waals surface area contributed by atoms with Crippen molar-refractivity contribution in [3.05, 3.63) is 41.7 Å². The zero-order valence-corrected chi connectivity index (χ0v) is 15.2. The molecule has 6 heteroatoms. The van der Waals surface area contributed by atoms with E-state index in [1.54, 1.807) is 32.4 Å². The molecule has 2 amide bonds. The largest absolute Gasteiger partial charge is 0.497 e. The number of carbonyl (C=O) groups excluding carboxylic acids is 1. The van der Waals surface area contributed by atoms with Gasteiger partial charge in [0.25, 0.3) is 0 Å². The highest BCUT2D eigenvalue weighted by atomic mass is 16.5. The maximum Gasteiger partial charge on any atom is 0.322 e. The van der Waals surface area contributed by atoms with Gasteiger partial charge in [-0.2, -0.15) is 0 Å². The number of aromatic nitrogens is 1.